The van der Waals surface area contributed by atoms with Gasteiger partial charge in [0.05, 0.1) is 11.8 Å². The van der Waals surface area contributed by atoms with Crippen molar-refractivity contribution in [3.05, 3.63) is 47.5 Å². The van der Waals surface area contributed by atoms with Gasteiger partial charge in [-0.25, -0.2) is 27.2 Å². The van der Waals surface area contributed by atoms with Gasteiger partial charge in [0.2, 0.25) is 5.82 Å². The molecule has 1 unspecified atom stereocenters. The molecule has 1 aromatic carbocycles. The zero-order chi connectivity index (χ0) is 26.6. The molecule has 0 saturated carbocycles. The van der Waals surface area contributed by atoms with Crippen LogP contribution in [0.25, 0.3) is 0 Å². The van der Waals surface area contributed by atoms with Crippen LogP contribution in [0.15, 0.2) is 30.6 Å². The van der Waals surface area contributed by atoms with Gasteiger partial charge in [-0.2, -0.15) is 4.39 Å². The highest BCUT2D eigenvalue weighted by atomic mass is 32.2. The number of benzene rings is 1. The number of nitrogens with one attached hydrogen (secondary N) is 1. The first-order chi connectivity index (χ1) is 16.9. The van der Waals surface area contributed by atoms with Crippen LogP contribution in [-0.4, -0.2) is 43.5 Å². The lowest BCUT2D eigenvalue weighted by Crippen LogP contribution is -2.37. The van der Waals surface area contributed by atoms with Crippen molar-refractivity contribution < 1.29 is 21.6 Å². The molecule has 1 N–H and O–H groups in total. The van der Waals surface area contributed by atoms with Crippen molar-refractivity contribution in [2.75, 3.05) is 35.3 Å². The van der Waals surface area contributed by atoms with Gasteiger partial charge < -0.3 is 10.2 Å². The summed E-state index contributed by atoms with van der Waals surface area (Å²) in [6, 6.07) is 5.98. The van der Waals surface area contributed by atoms with Crippen LogP contribution in [0, 0.1) is 11.2 Å². The summed E-state index contributed by atoms with van der Waals surface area (Å²) >= 11 is 0. The SMILES string of the molecule is CCCC(CCC)(CNc1ncnc(N2CCCC2c2ccc(C(C)(F)F)cc2)c1F)CS(C)(=O)=O. The van der Waals surface area contributed by atoms with E-state index in [1.165, 1.54) is 24.7 Å². The van der Waals surface area contributed by atoms with Crippen LogP contribution in [0.3, 0.4) is 0 Å². The number of hydrogen-bond acceptors (Lipinski definition) is 6. The Morgan fingerprint density at radius 3 is 2.31 bits per heavy atom. The van der Waals surface area contributed by atoms with E-state index in [0.29, 0.717) is 19.4 Å². The van der Waals surface area contributed by atoms with Crippen molar-refractivity contribution in [1.29, 1.82) is 0 Å². The number of alkyl halides is 2. The normalized spacial score (nSPS) is 17.0. The fraction of sp³-hybridized carbons (Fsp3) is 0.615. The molecule has 1 aliphatic rings. The van der Waals surface area contributed by atoms with Crippen molar-refractivity contribution in [3.8, 4) is 0 Å². The van der Waals surface area contributed by atoms with Crippen LogP contribution in [0.5, 0.6) is 0 Å². The summed E-state index contributed by atoms with van der Waals surface area (Å²) in [5.41, 5.74) is 0.242. The molecule has 0 bridgehead atoms. The van der Waals surface area contributed by atoms with E-state index in [4.69, 9.17) is 0 Å². The lowest BCUT2D eigenvalue weighted by Gasteiger charge is -2.33. The Balaban J connectivity index is 1.85. The predicted octanol–water partition coefficient (Wildman–Crippen LogP) is 6.11. The van der Waals surface area contributed by atoms with E-state index in [2.05, 4.69) is 15.3 Å². The van der Waals surface area contributed by atoms with Crippen molar-refractivity contribution in [2.45, 2.75) is 71.3 Å². The van der Waals surface area contributed by atoms with E-state index in [1.54, 1.807) is 12.1 Å². The quantitative estimate of drug-likeness (QED) is 0.360. The van der Waals surface area contributed by atoms with E-state index in [9.17, 15) is 17.2 Å². The Morgan fingerprint density at radius 1 is 1.11 bits per heavy atom. The van der Waals surface area contributed by atoms with E-state index in [-0.39, 0.29) is 35.5 Å². The second-order valence-electron chi connectivity index (χ2n) is 10.1. The maximum absolute atomic E-state index is 15.7. The molecule has 36 heavy (non-hydrogen) atoms. The van der Waals surface area contributed by atoms with Gasteiger partial charge in [0, 0.05) is 37.2 Å². The lowest BCUT2D eigenvalue weighted by molar-refractivity contribution is 0.0174. The molecule has 3 rings (SSSR count). The van der Waals surface area contributed by atoms with Crippen molar-refractivity contribution in [1.82, 2.24) is 9.97 Å². The Kier molecular flexibility index (Phi) is 8.90. The van der Waals surface area contributed by atoms with Crippen LogP contribution in [0.4, 0.5) is 24.8 Å². The number of rotatable bonds is 12. The molecule has 1 atom stereocenters. The minimum atomic E-state index is -3.23. The number of sulfone groups is 1. The fourth-order valence-corrected chi connectivity index (χ4v) is 6.94. The second-order valence-corrected chi connectivity index (χ2v) is 12.3. The van der Waals surface area contributed by atoms with Gasteiger partial charge in [-0.15, -0.1) is 0 Å². The van der Waals surface area contributed by atoms with Crippen molar-refractivity contribution >= 4 is 21.5 Å². The van der Waals surface area contributed by atoms with Gasteiger partial charge in [-0.05, 0) is 31.2 Å². The molecule has 0 radical (unpaired) electrons. The average Bonchev–Trinajstić information content (AvgIpc) is 3.27. The topological polar surface area (TPSA) is 75.2 Å². The first-order valence-electron chi connectivity index (χ1n) is 12.6. The Labute approximate surface area is 212 Å². The highest BCUT2D eigenvalue weighted by molar-refractivity contribution is 7.90. The number of halogens is 3. The number of hydrogen-bond donors (Lipinski definition) is 1. The van der Waals surface area contributed by atoms with Crippen LogP contribution in [0.2, 0.25) is 0 Å². The van der Waals surface area contributed by atoms with Crippen LogP contribution < -0.4 is 10.2 Å². The smallest absolute Gasteiger partial charge is 0.270 e. The van der Waals surface area contributed by atoms with Gasteiger partial charge >= 0.3 is 0 Å². The van der Waals surface area contributed by atoms with Crippen LogP contribution in [-0.2, 0) is 15.8 Å². The fourth-order valence-electron chi connectivity index (χ4n) is 5.43. The third-order valence-electron chi connectivity index (χ3n) is 6.86. The Morgan fingerprint density at radius 2 is 1.75 bits per heavy atom. The second kappa shape index (κ2) is 11.4. The molecule has 6 nitrogen and oxygen atoms in total. The molecule has 200 valence electrons. The minimum Gasteiger partial charge on any atom is -0.367 e. The van der Waals surface area contributed by atoms with Crippen molar-refractivity contribution in [3.63, 3.8) is 0 Å². The van der Waals surface area contributed by atoms with Gasteiger partial charge in [0.15, 0.2) is 11.6 Å². The predicted molar refractivity (Wildman–Crippen MR) is 138 cm³/mol. The monoisotopic (exact) mass is 526 g/mol. The molecular weight excluding hydrogens is 489 g/mol. The summed E-state index contributed by atoms with van der Waals surface area (Å²) in [7, 11) is -3.23. The van der Waals surface area contributed by atoms with E-state index < -0.39 is 27.0 Å². The first-order valence-corrected chi connectivity index (χ1v) is 14.6. The van der Waals surface area contributed by atoms with E-state index >= 15 is 4.39 Å². The molecule has 1 saturated heterocycles. The number of nitrogens with zero attached hydrogens (tertiary/aromatic N) is 3. The average molecular weight is 527 g/mol. The molecule has 1 fully saturated rings. The summed E-state index contributed by atoms with van der Waals surface area (Å²) in [4.78, 5) is 10.2. The van der Waals surface area contributed by atoms with Gasteiger partial charge in [0.1, 0.15) is 16.2 Å². The Hall–Kier alpha value is -2.36. The molecule has 1 aromatic heterocycles. The van der Waals surface area contributed by atoms with Gasteiger partial charge in [0.25, 0.3) is 5.92 Å². The summed E-state index contributed by atoms with van der Waals surface area (Å²) < 4.78 is 67.3. The number of aromatic nitrogens is 2. The zero-order valence-corrected chi connectivity index (χ0v) is 22.3. The molecule has 2 aromatic rings. The third-order valence-corrected chi connectivity index (χ3v) is 7.99. The lowest BCUT2D eigenvalue weighted by atomic mass is 9.81. The highest BCUT2D eigenvalue weighted by Crippen LogP contribution is 2.39. The summed E-state index contributed by atoms with van der Waals surface area (Å²) in [6.07, 6.45) is 7.11. The molecule has 1 aliphatic heterocycles. The van der Waals surface area contributed by atoms with E-state index in [0.717, 1.165) is 38.2 Å². The third kappa shape index (κ3) is 6.89. The molecule has 0 aliphatic carbocycles. The maximum Gasteiger partial charge on any atom is 0.270 e. The molecule has 10 heteroatoms. The minimum absolute atomic E-state index is 0.0231. The largest absolute Gasteiger partial charge is 0.367 e. The zero-order valence-electron chi connectivity index (χ0n) is 21.5. The highest BCUT2D eigenvalue weighted by Gasteiger charge is 2.34. The summed E-state index contributed by atoms with van der Waals surface area (Å²) in [5.74, 6) is -3.30. The first kappa shape index (κ1) is 28.2. The van der Waals surface area contributed by atoms with Gasteiger partial charge in [-0.3, -0.25) is 0 Å². The number of anilines is 2. The Bertz CT molecular complexity index is 1110. The molecule has 0 spiro atoms. The standard InChI is InChI=1S/C26H37F3N4O2S/c1-5-13-26(14-6-2,17-36(4,34)35)16-30-23-22(27)24(32-18-31-23)33-15-7-8-21(33)19-9-11-20(12-10-19)25(3,28)29/h9-12,18,21H,5-8,13-17H2,1-4H3,(H,30,31,32). The molecule has 2 heterocycles. The van der Waals surface area contributed by atoms with E-state index in [1.807, 2.05) is 18.7 Å². The van der Waals surface area contributed by atoms with Crippen LogP contribution >= 0.6 is 0 Å². The maximum atomic E-state index is 15.7. The van der Waals surface area contributed by atoms with Gasteiger partial charge in [-0.1, -0.05) is 51.0 Å². The van der Waals surface area contributed by atoms with Crippen LogP contribution in [0.1, 0.15) is 76.5 Å². The van der Waals surface area contributed by atoms with Crippen molar-refractivity contribution in [2.24, 2.45) is 5.41 Å². The summed E-state index contributed by atoms with van der Waals surface area (Å²) in [5, 5.41) is 3.09. The molecular formula is C26H37F3N4O2S. The molecule has 0 amide bonds. The summed E-state index contributed by atoms with van der Waals surface area (Å²) in [6.45, 7) is 5.74.